The van der Waals surface area contributed by atoms with Crippen molar-refractivity contribution in [2.75, 3.05) is 35.3 Å². The number of phosphoric acid groups is 2. The van der Waals surface area contributed by atoms with E-state index < -0.39 is 95.8 Å². The average molecular weight is 848 g/mol. The van der Waals surface area contributed by atoms with E-state index in [4.69, 9.17) is 57.5 Å². The van der Waals surface area contributed by atoms with Gasteiger partial charge < -0.3 is 85.9 Å². The van der Waals surface area contributed by atoms with Crippen LogP contribution >= 0.6 is 15.6 Å². The molecular formula is C20H22MoN10O14P2S2-2. The Bertz CT molecular complexity index is 1970. The number of fused-ring (bicyclic) bond motifs is 3. The molecule has 9 atom stereocenters. The topological polar surface area (TPSA) is 366 Å². The number of nitrogen functional groups attached to an aromatic ring is 2. The van der Waals surface area contributed by atoms with Crippen LogP contribution in [0.1, 0.15) is 6.23 Å². The monoisotopic (exact) mass is 850 g/mol. The Labute approximate surface area is 292 Å². The van der Waals surface area contributed by atoms with E-state index in [9.17, 15) is 33.9 Å². The summed E-state index contributed by atoms with van der Waals surface area (Å²) in [6.07, 6.45) is -5.99. The predicted molar refractivity (Wildman–Crippen MR) is 156 cm³/mol. The number of H-pyrrole nitrogens is 1. The van der Waals surface area contributed by atoms with Gasteiger partial charge in [0.1, 0.15) is 35.8 Å². The van der Waals surface area contributed by atoms with E-state index in [1.807, 2.05) is 0 Å². The fourth-order valence-electron chi connectivity index (χ4n) is 4.81. The van der Waals surface area contributed by atoms with Crippen LogP contribution in [0.25, 0.3) is 11.2 Å². The Morgan fingerprint density at radius 2 is 1.69 bits per heavy atom. The van der Waals surface area contributed by atoms with E-state index in [0.29, 0.717) is 0 Å². The van der Waals surface area contributed by atoms with Gasteiger partial charge >= 0.3 is 25.3 Å². The number of anilines is 4. The van der Waals surface area contributed by atoms with Gasteiger partial charge in [-0.1, -0.05) is 0 Å². The summed E-state index contributed by atoms with van der Waals surface area (Å²) in [5.41, 5.74) is 11.1. The van der Waals surface area contributed by atoms with Crippen molar-refractivity contribution in [3.63, 3.8) is 0 Å². The molecule has 266 valence electrons. The zero-order valence-electron chi connectivity index (χ0n) is 23.9. The van der Waals surface area contributed by atoms with Gasteiger partial charge in [-0.15, -0.1) is 0 Å². The number of aromatic nitrogens is 6. The number of ether oxygens (including phenoxy) is 2. The summed E-state index contributed by atoms with van der Waals surface area (Å²) >= 11 is 8.62. The van der Waals surface area contributed by atoms with Crippen molar-refractivity contribution in [3.8, 4) is 0 Å². The van der Waals surface area contributed by atoms with E-state index >= 15 is 0 Å². The van der Waals surface area contributed by atoms with E-state index in [1.54, 1.807) is 0 Å². The Hall–Kier alpha value is -2.80. The number of nitrogens with two attached hydrogens (primary N) is 2. The molecule has 3 aliphatic rings. The summed E-state index contributed by atoms with van der Waals surface area (Å²) < 4.78 is 67.8. The number of aromatic amines is 1. The zero-order chi connectivity index (χ0) is 35.8. The molecule has 24 nitrogen and oxygen atoms in total. The van der Waals surface area contributed by atoms with Crippen LogP contribution in [0.5, 0.6) is 0 Å². The molecule has 6 heterocycles. The van der Waals surface area contributed by atoms with Crippen LogP contribution < -0.4 is 37.4 Å². The third kappa shape index (κ3) is 8.08. The first-order valence-electron chi connectivity index (χ1n) is 13.2. The molecule has 9 N–H and O–H groups in total. The number of phosphoric ester groups is 2. The number of aliphatic hydroxyl groups excluding tert-OH is 2. The van der Waals surface area contributed by atoms with Gasteiger partial charge in [-0.25, -0.2) is 19.3 Å². The number of nitrogens with zero attached hydrogens (tertiary/aromatic N) is 5. The molecule has 0 amide bonds. The van der Waals surface area contributed by atoms with E-state index in [-0.39, 0.29) is 44.2 Å². The number of rotatable bonds is 9. The van der Waals surface area contributed by atoms with Gasteiger partial charge in [0, 0.05) is 0 Å². The number of hydrogen-bond donors (Lipinski definition) is 7. The Morgan fingerprint density at radius 1 is 1.02 bits per heavy atom. The SMILES string of the molecule is Nc1nc2c(c(=O)[nH]1)NC1C([S-])=C([S-])C(COP(=O)([O-])OP(=O)([O-])OC[C@H]3O[C@@H](n4cnc5c(N)ncnc54)[C@H](O)[C@@H]3O)OC1N2.[O]=[Mo+2]=[O]. The van der Waals surface area contributed by atoms with Gasteiger partial charge in [0.2, 0.25) is 5.95 Å². The molecule has 0 bridgehead atoms. The molecule has 0 saturated carbocycles. The number of nitrogens with one attached hydrogen (secondary N) is 3. The van der Waals surface area contributed by atoms with Crippen LogP contribution in [0, 0.1) is 0 Å². The normalized spacial score (nSPS) is 28.4. The van der Waals surface area contributed by atoms with Crippen LogP contribution in [0.2, 0.25) is 0 Å². The van der Waals surface area contributed by atoms with Crippen LogP contribution in [0.3, 0.4) is 0 Å². The second-order valence-electron chi connectivity index (χ2n) is 9.98. The first-order valence-corrected chi connectivity index (χ1v) is 18.6. The van der Waals surface area contributed by atoms with Crippen molar-refractivity contribution >= 4 is 75.3 Å². The van der Waals surface area contributed by atoms with Gasteiger partial charge in [-0.2, -0.15) is 14.8 Å². The second kappa shape index (κ2) is 14.8. The fraction of sp³-hybridized carbons (Fsp3) is 0.450. The molecule has 0 aliphatic carbocycles. The molecule has 29 heteroatoms. The van der Waals surface area contributed by atoms with Crippen LogP contribution in [-0.2, 0) is 82.5 Å². The summed E-state index contributed by atoms with van der Waals surface area (Å²) in [6.45, 7) is -1.82. The van der Waals surface area contributed by atoms with Gasteiger partial charge in [0.05, 0.1) is 31.7 Å². The fourth-order valence-corrected chi connectivity index (χ4v) is 7.37. The molecule has 1 saturated heterocycles. The third-order valence-electron chi connectivity index (χ3n) is 6.93. The van der Waals surface area contributed by atoms with E-state index in [0.717, 1.165) is 6.33 Å². The molecule has 5 unspecified atom stereocenters. The van der Waals surface area contributed by atoms with Gasteiger partial charge in [-0.3, -0.25) is 23.5 Å². The standard InChI is InChI=1S/C20H26N10O12P2S2.Mo.2O/c21-14-8-16(24-3-23-14)30(4-25-8)19-11(32)10(31)5(41-19)1-38-43(34,35)42-44(36,37)39-2-6-12(45)13(46)7-18(40-6)27-15-9(26-7)17(33)29-20(22)28-15;;;/h3-7,10-11,18-19,26,31-32,45-46H,1-2H2,(H,34,35)(H,36,37)(H2,21,23,24)(H4,22,27,28,29,33);;;/q;+2;;/p-4/t5-,6?,7?,10-,11-,18?,19-;;;/m1.../s1. The third-order valence-corrected chi connectivity index (χ3v) is 10.5. The molecular weight excluding hydrogens is 826 g/mol. The predicted octanol–water partition coefficient (Wildman–Crippen LogP) is -3.62. The van der Waals surface area contributed by atoms with Crippen molar-refractivity contribution in [2.24, 2.45) is 0 Å². The average Bonchev–Trinajstić information content (AvgIpc) is 3.57. The molecule has 3 aromatic heterocycles. The molecule has 6 rings (SSSR count). The molecule has 0 aromatic carbocycles. The van der Waals surface area contributed by atoms with E-state index in [1.165, 1.54) is 10.9 Å². The molecule has 0 spiro atoms. The molecule has 1 fully saturated rings. The molecule has 3 aliphatic heterocycles. The van der Waals surface area contributed by atoms with Crippen LogP contribution in [0.4, 0.5) is 23.3 Å². The first-order chi connectivity index (χ1) is 23.1. The first kappa shape index (κ1) is 37.5. The van der Waals surface area contributed by atoms with Crippen LogP contribution in [0.15, 0.2) is 27.3 Å². The summed E-state index contributed by atoms with van der Waals surface area (Å²) in [5, 5.41) is 26.6. The van der Waals surface area contributed by atoms with Gasteiger partial charge in [0.15, 0.2) is 29.7 Å². The van der Waals surface area contributed by atoms with Gasteiger partial charge in [-0.05, 0) is 0 Å². The maximum absolute atomic E-state index is 12.4. The molecule has 49 heavy (non-hydrogen) atoms. The maximum atomic E-state index is 12.4. The van der Waals surface area contributed by atoms with Crippen molar-refractivity contribution in [3.05, 3.63) is 32.8 Å². The number of aliphatic hydroxyl groups is 2. The molecule has 0 radical (unpaired) electrons. The quantitative estimate of drug-likeness (QED) is 0.0621. The Morgan fingerprint density at radius 3 is 2.39 bits per heavy atom. The van der Waals surface area contributed by atoms with Crippen molar-refractivity contribution < 1.29 is 77.2 Å². The summed E-state index contributed by atoms with van der Waals surface area (Å²) in [5.74, 6) is -0.105. The van der Waals surface area contributed by atoms with E-state index in [2.05, 4.69) is 44.4 Å². The minimum absolute atomic E-state index is 0.0260. The number of imidazole rings is 1. The second-order valence-corrected chi connectivity index (χ2v) is 14.2. The van der Waals surface area contributed by atoms with Crippen molar-refractivity contribution in [1.82, 2.24) is 29.5 Å². The summed E-state index contributed by atoms with van der Waals surface area (Å²) in [4.78, 5) is 55.2. The summed E-state index contributed by atoms with van der Waals surface area (Å²) in [7, 11) is -11.3. The van der Waals surface area contributed by atoms with Crippen LogP contribution in [-0.4, -0.2) is 89.6 Å². The number of hydrogen-bond acceptors (Lipinski definition) is 24. The molecule has 3 aromatic rings. The van der Waals surface area contributed by atoms with Crippen molar-refractivity contribution in [2.45, 2.75) is 42.9 Å². The Balaban J connectivity index is 0.00000151. The minimum atomic E-state index is -5.66. The van der Waals surface area contributed by atoms with Gasteiger partial charge in [0.25, 0.3) is 21.2 Å². The zero-order valence-corrected chi connectivity index (χ0v) is 29.3. The summed E-state index contributed by atoms with van der Waals surface area (Å²) in [6, 6.07) is -0.825. The van der Waals surface area contributed by atoms with Crippen molar-refractivity contribution in [1.29, 1.82) is 0 Å². The Kier molecular flexibility index (Phi) is 11.3.